The van der Waals surface area contributed by atoms with E-state index in [9.17, 15) is 18.0 Å². The molecule has 0 bridgehead atoms. The van der Waals surface area contributed by atoms with E-state index in [1.807, 2.05) is 24.0 Å². The molecule has 2 amide bonds. The summed E-state index contributed by atoms with van der Waals surface area (Å²) < 4.78 is 25.6. The number of nitrogens with one attached hydrogen (secondary N) is 2. The Morgan fingerprint density at radius 3 is 2.31 bits per heavy atom. The molecule has 32 heavy (non-hydrogen) atoms. The molecule has 0 radical (unpaired) electrons. The SMILES string of the molecule is CCC(=O)NCc1ccc(C2CCN(C(=O)c3ccc(C)c(NS(C)(=O)=O)c3)CC2)cc1. The molecule has 1 fully saturated rings. The Hall–Kier alpha value is -2.87. The lowest BCUT2D eigenvalue weighted by Crippen LogP contribution is -2.38. The van der Waals surface area contributed by atoms with Gasteiger partial charge in [0.25, 0.3) is 5.91 Å². The minimum absolute atomic E-state index is 0.0407. The molecule has 0 atom stereocenters. The van der Waals surface area contributed by atoms with E-state index in [4.69, 9.17) is 0 Å². The van der Waals surface area contributed by atoms with Crippen molar-refractivity contribution < 1.29 is 18.0 Å². The van der Waals surface area contributed by atoms with E-state index in [1.165, 1.54) is 5.56 Å². The first-order valence-electron chi connectivity index (χ1n) is 10.9. The summed E-state index contributed by atoms with van der Waals surface area (Å²) in [5.74, 6) is 0.347. The Morgan fingerprint density at radius 1 is 1.06 bits per heavy atom. The zero-order valence-corrected chi connectivity index (χ0v) is 19.7. The van der Waals surface area contributed by atoms with Gasteiger partial charge in [-0.3, -0.25) is 14.3 Å². The van der Waals surface area contributed by atoms with Crippen molar-refractivity contribution in [3.05, 3.63) is 64.7 Å². The summed E-state index contributed by atoms with van der Waals surface area (Å²) in [4.78, 5) is 26.2. The number of carbonyl (C=O) groups is 2. The Morgan fingerprint density at radius 2 is 1.72 bits per heavy atom. The Bertz CT molecular complexity index is 1070. The highest BCUT2D eigenvalue weighted by Gasteiger charge is 2.25. The van der Waals surface area contributed by atoms with E-state index in [0.29, 0.717) is 43.2 Å². The van der Waals surface area contributed by atoms with Crippen LogP contribution in [0.3, 0.4) is 0 Å². The first-order valence-corrected chi connectivity index (χ1v) is 12.8. The van der Waals surface area contributed by atoms with Gasteiger partial charge in [0.15, 0.2) is 0 Å². The first kappa shape index (κ1) is 23.8. The average Bonchev–Trinajstić information content (AvgIpc) is 2.78. The van der Waals surface area contributed by atoms with Gasteiger partial charge in [-0.25, -0.2) is 8.42 Å². The lowest BCUT2D eigenvalue weighted by atomic mass is 9.88. The van der Waals surface area contributed by atoms with Gasteiger partial charge in [-0.2, -0.15) is 0 Å². The molecule has 0 aromatic heterocycles. The fourth-order valence-electron chi connectivity index (χ4n) is 3.90. The van der Waals surface area contributed by atoms with Gasteiger partial charge in [0.2, 0.25) is 15.9 Å². The van der Waals surface area contributed by atoms with Gasteiger partial charge in [-0.05, 0) is 54.5 Å². The number of carbonyl (C=O) groups excluding carboxylic acids is 2. The molecule has 0 aliphatic carbocycles. The van der Waals surface area contributed by atoms with Crippen LogP contribution >= 0.6 is 0 Å². The van der Waals surface area contributed by atoms with Gasteiger partial charge in [0, 0.05) is 31.6 Å². The second-order valence-electron chi connectivity index (χ2n) is 8.34. The quantitative estimate of drug-likeness (QED) is 0.666. The number of anilines is 1. The van der Waals surface area contributed by atoms with Crippen molar-refractivity contribution in [2.24, 2.45) is 0 Å². The van der Waals surface area contributed by atoms with Crippen LogP contribution < -0.4 is 10.0 Å². The molecule has 1 aliphatic rings. The highest BCUT2D eigenvalue weighted by Crippen LogP contribution is 2.29. The molecule has 1 saturated heterocycles. The standard InChI is InChI=1S/C24H31N3O4S/c1-4-23(28)25-16-18-6-9-19(10-7-18)20-11-13-27(14-12-20)24(29)21-8-5-17(2)22(15-21)26-32(3,30)31/h5-10,15,20,26H,4,11-14,16H2,1-3H3,(H,25,28). The van der Waals surface area contributed by atoms with Crippen molar-refractivity contribution in [2.75, 3.05) is 24.1 Å². The molecule has 1 aliphatic heterocycles. The summed E-state index contributed by atoms with van der Waals surface area (Å²) in [6, 6.07) is 13.4. The van der Waals surface area contributed by atoms with Crippen LogP contribution in [0.5, 0.6) is 0 Å². The highest BCUT2D eigenvalue weighted by atomic mass is 32.2. The molecule has 0 spiro atoms. The minimum Gasteiger partial charge on any atom is -0.352 e. The van der Waals surface area contributed by atoms with Crippen LogP contribution in [0.2, 0.25) is 0 Å². The number of likely N-dealkylation sites (tertiary alicyclic amines) is 1. The van der Waals surface area contributed by atoms with Crippen molar-refractivity contribution in [3.8, 4) is 0 Å². The Balaban J connectivity index is 1.59. The van der Waals surface area contributed by atoms with Crippen molar-refractivity contribution >= 4 is 27.5 Å². The average molecular weight is 458 g/mol. The molecule has 2 aromatic carbocycles. The van der Waals surface area contributed by atoms with Gasteiger partial charge in [-0.15, -0.1) is 0 Å². The second-order valence-corrected chi connectivity index (χ2v) is 10.1. The summed E-state index contributed by atoms with van der Waals surface area (Å²) in [6.07, 6.45) is 3.32. The van der Waals surface area contributed by atoms with Crippen molar-refractivity contribution in [2.45, 2.75) is 45.6 Å². The topological polar surface area (TPSA) is 95.6 Å². The number of rotatable bonds is 7. The third kappa shape index (κ3) is 6.32. The first-order chi connectivity index (χ1) is 15.2. The number of amides is 2. The van der Waals surface area contributed by atoms with Gasteiger partial charge in [-0.1, -0.05) is 37.3 Å². The van der Waals surface area contributed by atoms with Gasteiger partial charge < -0.3 is 10.2 Å². The molecule has 8 heteroatoms. The molecule has 0 unspecified atom stereocenters. The normalized spacial score (nSPS) is 14.8. The second kappa shape index (κ2) is 10.2. The smallest absolute Gasteiger partial charge is 0.253 e. The molecule has 2 N–H and O–H groups in total. The maximum atomic E-state index is 13.0. The Labute approximate surface area is 190 Å². The summed E-state index contributed by atoms with van der Waals surface area (Å²) in [5, 5.41) is 2.88. The molecular weight excluding hydrogens is 426 g/mol. The van der Waals surface area contributed by atoms with Crippen LogP contribution in [-0.4, -0.2) is 44.5 Å². The van der Waals surface area contributed by atoms with Crippen molar-refractivity contribution in [1.82, 2.24) is 10.2 Å². The number of piperidine rings is 1. The maximum Gasteiger partial charge on any atom is 0.253 e. The monoisotopic (exact) mass is 457 g/mol. The number of sulfonamides is 1. The van der Waals surface area contributed by atoms with Gasteiger partial charge in [0.1, 0.15) is 0 Å². The van der Waals surface area contributed by atoms with E-state index < -0.39 is 10.0 Å². The zero-order chi connectivity index (χ0) is 23.3. The van der Waals surface area contributed by atoms with Gasteiger partial charge in [0.05, 0.1) is 11.9 Å². The fraction of sp³-hybridized carbons (Fsp3) is 0.417. The van der Waals surface area contributed by atoms with Crippen LogP contribution in [0, 0.1) is 6.92 Å². The van der Waals surface area contributed by atoms with Crippen LogP contribution in [0.1, 0.15) is 59.2 Å². The lowest BCUT2D eigenvalue weighted by Gasteiger charge is -2.32. The number of hydrogen-bond donors (Lipinski definition) is 2. The van der Waals surface area contributed by atoms with E-state index in [1.54, 1.807) is 25.1 Å². The number of benzene rings is 2. The molecule has 3 rings (SSSR count). The third-order valence-electron chi connectivity index (χ3n) is 5.82. The summed E-state index contributed by atoms with van der Waals surface area (Å²) in [6.45, 7) is 5.48. The van der Waals surface area contributed by atoms with Gasteiger partial charge >= 0.3 is 0 Å². The van der Waals surface area contributed by atoms with Crippen molar-refractivity contribution in [1.29, 1.82) is 0 Å². The van der Waals surface area contributed by atoms with Crippen LogP contribution in [0.4, 0.5) is 5.69 Å². The number of nitrogens with zero attached hydrogens (tertiary/aromatic N) is 1. The summed E-state index contributed by atoms with van der Waals surface area (Å²) in [7, 11) is -3.41. The molecule has 7 nitrogen and oxygen atoms in total. The fourth-order valence-corrected chi connectivity index (χ4v) is 4.52. The number of hydrogen-bond acceptors (Lipinski definition) is 4. The van der Waals surface area contributed by atoms with E-state index in [-0.39, 0.29) is 11.8 Å². The minimum atomic E-state index is -3.41. The predicted molar refractivity (Wildman–Crippen MR) is 126 cm³/mol. The third-order valence-corrected chi connectivity index (χ3v) is 6.41. The molecule has 2 aromatic rings. The maximum absolute atomic E-state index is 13.0. The molecular formula is C24H31N3O4S. The molecule has 172 valence electrons. The van der Waals surface area contributed by atoms with Crippen LogP contribution in [0.15, 0.2) is 42.5 Å². The lowest BCUT2D eigenvalue weighted by molar-refractivity contribution is -0.120. The number of aryl methyl sites for hydroxylation is 1. The van der Waals surface area contributed by atoms with Crippen LogP contribution in [-0.2, 0) is 21.4 Å². The largest absolute Gasteiger partial charge is 0.352 e. The predicted octanol–water partition coefficient (Wildman–Crippen LogP) is 3.41. The summed E-state index contributed by atoms with van der Waals surface area (Å²) >= 11 is 0. The zero-order valence-electron chi connectivity index (χ0n) is 18.8. The Kier molecular flexibility index (Phi) is 7.56. The van der Waals surface area contributed by atoms with E-state index in [2.05, 4.69) is 22.2 Å². The molecule has 0 saturated carbocycles. The summed E-state index contributed by atoms with van der Waals surface area (Å²) in [5.41, 5.74) is 4.00. The van der Waals surface area contributed by atoms with E-state index in [0.717, 1.165) is 30.2 Å². The van der Waals surface area contributed by atoms with Crippen LogP contribution in [0.25, 0.3) is 0 Å². The highest BCUT2D eigenvalue weighted by molar-refractivity contribution is 7.92. The molecule has 1 heterocycles. The van der Waals surface area contributed by atoms with E-state index >= 15 is 0 Å². The van der Waals surface area contributed by atoms with Crippen molar-refractivity contribution in [3.63, 3.8) is 0 Å².